The number of amides is 1. The standard InChI is InChI=1S/C28H32Cl2N2O4/c1-3-12-32-13-11-27(21-5-4-6-23(34)16-21)17-22(9-10-28(27,18-32)36-19(2)33)31-26(35)15-20-7-8-24(29)25(30)14-20/h3-8,14,16,22,34H,1,9-13,15,17-18H2,2H3,(H,31,35). The molecular formula is C28H32Cl2N2O4. The summed E-state index contributed by atoms with van der Waals surface area (Å²) in [6.45, 7) is 7.37. The minimum Gasteiger partial charge on any atom is -0.508 e. The van der Waals surface area contributed by atoms with E-state index in [0.29, 0.717) is 42.4 Å². The van der Waals surface area contributed by atoms with Crippen LogP contribution in [-0.2, 0) is 26.2 Å². The van der Waals surface area contributed by atoms with Crippen LogP contribution < -0.4 is 5.32 Å². The van der Waals surface area contributed by atoms with Gasteiger partial charge < -0.3 is 15.2 Å². The van der Waals surface area contributed by atoms with Gasteiger partial charge in [-0.25, -0.2) is 0 Å². The maximum absolute atomic E-state index is 13.0. The third-order valence-electron chi connectivity index (χ3n) is 7.54. The van der Waals surface area contributed by atoms with E-state index in [2.05, 4.69) is 16.8 Å². The van der Waals surface area contributed by atoms with Gasteiger partial charge in [0.05, 0.1) is 16.5 Å². The van der Waals surface area contributed by atoms with Crippen molar-refractivity contribution in [2.45, 2.75) is 56.1 Å². The topological polar surface area (TPSA) is 78.9 Å². The predicted molar refractivity (Wildman–Crippen MR) is 141 cm³/mol. The minimum absolute atomic E-state index is 0.103. The molecule has 192 valence electrons. The van der Waals surface area contributed by atoms with Gasteiger partial charge in [-0.05, 0) is 67.6 Å². The smallest absolute Gasteiger partial charge is 0.303 e. The fraction of sp³-hybridized carbons (Fsp3) is 0.429. The molecule has 2 aromatic rings. The molecule has 0 spiro atoms. The van der Waals surface area contributed by atoms with E-state index in [4.69, 9.17) is 27.9 Å². The second-order valence-electron chi connectivity index (χ2n) is 9.93. The van der Waals surface area contributed by atoms with Crippen molar-refractivity contribution in [3.8, 4) is 5.75 Å². The highest BCUT2D eigenvalue weighted by molar-refractivity contribution is 6.42. The van der Waals surface area contributed by atoms with E-state index in [1.807, 2.05) is 18.2 Å². The van der Waals surface area contributed by atoms with E-state index in [1.54, 1.807) is 30.3 Å². The quantitative estimate of drug-likeness (QED) is 0.387. The van der Waals surface area contributed by atoms with E-state index >= 15 is 0 Å². The maximum atomic E-state index is 13.0. The summed E-state index contributed by atoms with van der Waals surface area (Å²) in [6.07, 6.45) is 4.62. The molecule has 8 heteroatoms. The minimum atomic E-state index is -0.779. The van der Waals surface area contributed by atoms with Crippen molar-refractivity contribution in [3.63, 3.8) is 0 Å². The van der Waals surface area contributed by atoms with Gasteiger partial charge in [-0.2, -0.15) is 0 Å². The summed E-state index contributed by atoms with van der Waals surface area (Å²) in [5, 5.41) is 14.4. The molecule has 0 aromatic heterocycles. The van der Waals surface area contributed by atoms with Crippen molar-refractivity contribution in [1.82, 2.24) is 10.2 Å². The number of carbonyl (C=O) groups excluding carboxylic acids is 2. The van der Waals surface area contributed by atoms with Gasteiger partial charge in [-0.3, -0.25) is 14.5 Å². The first-order chi connectivity index (χ1) is 17.2. The van der Waals surface area contributed by atoms with Gasteiger partial charge in [-0.15, -0.1) is 6.58 Å². The lowest BCUT2D eigenvalue weighted by atomic mass is 9.55. The lowest BCUT2D eigenvalue weighted by Gasteiger charge is -2.59. The molecule has 1 saturated heterocycles. The van der Waals surface area contributed by atoms with Crippen LogP contribution in [0.2, 0.25) is 10.0 Å². The van der Waals surface area contributed by atoms with Gasteiger partial charge in [0, 0.05) is 31.5 Å². The Morgan fingerprint density at radius 1 is 1.22 bits per heavy atom. The molecule has 2 aliphatic rings. The summed E-state index contributed by atoms with van der Waals surface area (Å²) in [5.74, 6) is -0.270. The first-order valence-electron chi connectivity index (χ1n) is 12.2. The summed E-state index contributed by atoms with van der Waals surface area (Å²) in [5.41, 5.74) is 0.367. The number of piperidine rings is 1. The molecule has 1 aliphatic carbocycles. The highest BCUT2D eigenvalue weighted by atomic mass is 35.5. The highest BCUT2D eigenvalue weighted by Gasteiger charge is 2.60. The number of esters is 1. The summed E-state index contributed by atoms with van der Waals surface area (Å²) in [4.78, 5) is 27.6. The summed E-state index contributed by atoms with van der Waals surface area (Å²) in [7, 11) is 0. The molecule has 3 atom stereocenters. The van der Waals surface area contributed by atoms with Crippen LogP contribution in [0.5, 0.6) is 5.75 Å². The summed E-state index contributed by atoms with van der Waals surface area (Å²) in [6, 6.07) is 12.3. The Labute approximate surface area is 222 Å². The van der Waals surface area contributed by atoms with Gasteiger partial charge in [0.15, 0.2) is 0 Å². The number of hydrogen-bond acceptors (Lipinski definition) is 5. The number of benzene rings is 2. The Kier molecular flexibility index (Phi) is 7.98. The number of nitrogens with zero attached hydrogens (tertiary/aromatic N) is 1. The number of halogens is 2. The first-order valence-corrected chi connectivity index (χ1v) is 13.0. The monoisotopic (exact) mass is 530 g/mol. The normalized spacial score (nSPS) is 26.0. The van der Waals surface area contributed by atoms with Gasteiger partial charge in [0.1, 0.15) is 11.4 Å². The first kappa shape index (κ1) is 26.5. The fourth-order valence-corrected chi connectivity index (χ4v) is 6.39. The Morgan fingerprint density at radius 2 is 2.03 bits per heavy atom. The van der Waals surface area contributed by atoms with E-state index in [0.717, 1.165) is 24.1 Å². The SMILES string of the molecule is C=CCN1CCC2(c3cccc(O)c3)CC(NC(=O)Cc3ccc(Cl)c(Cl)c3)CCC2(OC(C)=O)C1. The van der Waals surface area contributed by atoms with Crippen molar-refractivity contribution < 1.29 is 19.4 Å². The third-order valence-corrected chi connectivity index (χ3v) is 8.28. The number of hydrogen-bond donors (Lipinski definition) is 2. The molecule has 0 radical (unpaired) electrons. The summed E-state index contributed by atoms with van der Waals surface area (Å²) >= 11 is 12.1. The highest BCUT2D eigenvalue weighted by Crippen LogP contribution is 2.54. The lowest BCUT2D eigenvalue weighted by Crippen LogP contribution is -2.68. The molecule has 1 aliphatic heterocycles. The third kappa shape index (κ3) is 5.41. The molecule has 2 N–H and O–H groups in total. The van der Waals surface area contributed by atoms with Crippen molar-refractivity contribution in [1.29, 1.82) is 0 Å². The van der Waals surface area contributed by atoms with Gasteiger partial charge in [0.25, 0.3) is 0 Å². The van der Waals surface area contributed by atoms with Crippen LogP contribution in [0.25, 0.3) is 0 Å². The average Bonchev–Trinajstić information content (AvgIpc) is 2.81. The van der Waals surface area contributed by atoms with Gasteiger partial charge >= 0.3 is 5.97 Å². The number of likely N-dealkylation sites (tertiary alicyclic amines) is 1. The number of aromatic hydroxyl groups is 1. The number of rotatable bonds is 7. The number of ether oxygens (including phenoxy) is 1. The van der Waals surface area contributed by atoms with Crippen LogP contribution in [0.4, 0.5) is 0 Å². The van der Waals surface area contributed by atoms with E-state index in [9.17, 15) is 14.7 Å². The van der Waals surface area contributed by atoms with Crippen molar-refractivity contribution in [2.24, 2.45) is 0 Å². The lowest BCUT2D eigenvalue weighted by molar-refractivity contribution is -0.186. The molecule has 0 bridgehead atoms. The Balaban J connectivity index is 1.63. The number of fused-ring (bicyclic) bond motifs is 1. The molecule has 2 aromatic carbocycles. The van der Waals surface area contributed by atoms with Gasteiger partial charge in [-0.1, -0.05) is 47.5 Å². The van der Waals surface area contributed by atoms with E-state index in [-0.39, 0.29) is 30.1 Å². The van der Waals surface area contributed by atoms with Crippen molar-refractivity contribution in [3.05, 3.63) is 76.3 Å². The molecule has 36 heavy (non-hydrogen) atoms. The Bertz CT molecular complexity index is 1160. The second kappa shape index (κ2) is 10.8. The molecule has 1 heterocycles. The van der Waals surface area contributed by atoms with Crippen LogP contribution in [0.15, 0.2) is 55.1 Å². The number of phenolic OH excluding ortho intramolecular Hbond substituents is 1. The summed E-state index contributed by atoms with van der Waals surface area (Å²) < 4.78 is 6.19. The van der Waals surface area contributed by atoms with Crippen LogP contribution in [0.1, 0.15) is 43.7 Å². The number of phenols is 1. The van der Waals surface area contributed by atoms with Crippen LogP contribution in [0, 0.1) is 0 Å². The fourth-order valence-electron chi connectivity index (χ4n) is 6.07. The second-order valence-corrected chi connectivity index (χ2v) is 10.7. The molecule has 6 nitrogen and oxygen atoms in total. The molecule has 1 amide bonds. The Morgan fingerprint density at radius 3 is 2.72 bits per heavy atom. The predicted octanol–water partition coefficient (Wildman–Crippen LogP) is 5.04. The number of carbonyl (C=O) groups is 2. The average molecular weight is 531 g/mol. The zero-order chi connectivity index (χ0) is 25.9. The van der Waals surface area contributed by atoms with Crippen LogP contribution in [-0.4, -0.2) is 53.2 Å². The molecule has 2 fully saturated rings. The zero-order valence-corrected chi connectivity index (χ0v) is 21.9. The molecule has 3 unspecified atom stereocenters. The zero-order valence-electron chi connectivity index (χ0n) is 20.4. The van der Waals surface area contributed by atoms with E-state index < -0.39 is 11.0 Å². The molecule has 1 saturated carbocycles. The van der Waals surface area contributed by atoms with E-state index in [1.165, 1.54) is 6.92 Å². The van der Waals surface area contributed by atoms with Crippen molar-refractivity contribution >= 4 is 35.1 Å². The Hall–Kier alpha value is -2.54. The van der Waals surface area contributed by atoms with Crippen LogP contribution >= 0.6 is 23.2 Å². The largest absolute Gasteiger partial charge is 0.508 e. The van der Waals surface area contributed by atoms with Crippen molar-refractivity contribution in [2.75, 3.05) is 19.6 Å². The molecular weight excluding hydrogens is 499 g/mol. The van der Waals surface area contributed by atoms with Crippen LogP contribution in [0.3, 0.4) is 0 Å². The molecule has 4 rings (SSSR count). The maximum Gasteiger partial charge on any atom is 0.303 e. The van der Waals surface area contributed by atoms with Gasteiger partial charge in [0.2, 0.25) is 5.91 Å². The number of nitrogens with one attached hydrogen (secondary N) is 1.